The van der Waals surface area contributed by atoms with Crippen LogP contribution in [0.15, 0.2) is 102 Å². The number of fused-ring (bicyclic) bond motifs is 3. The van der Waals surface area contributed by atoms with Crippen LogP contribution in [0, 0.1) is 11.8 Å². The summed E-state index contributed by atoms with van der Waals surface area (Å²) in [7, 11) is 2.34. The van der Waals surface area contributed by atoms with E-state index in [4.69, 9.17) is 14.2 Å². The van der Waals surface area contributed by atoms with E-state index in [1.165, 1.54) is 12.0 Å². The van der Waals surface area contributed by atoms with Gasteiger partial charge in [0.05, 0.1) is 31.5 Å². The molecule has 7 rings (SSSR count). The maximum absolute atomic E-state index is 14.9. The minimum atomic E-state index is -2.50. The third-order valence-electron chi connectivity index (χ3n) is 9.26. The Balaban J connectivity index is 1.55. The monoisotopic (exact) mass is 607 g/mol. The lowest BCUT2D eigenvalue weighted by atomic mass is 9.73. The highest BCUT2D eigenvalue weighted by molar-refractivity contribution is 6.28. The first-order valence-electron chi connectivity index (χ1n) is 14.4. The van der Waals surface area contributed by atoms with E-state index in [0.717, 1.165) is 17.6 Å². The number of carbonyl (C=O) groups excluding carboxylic acids is 5. The van der Waals surface area contributed by atoms with Gasteiger partial charge in [-0.25, -0.2) is 14.5 Å². The zero-order chi connectivity index (χ0) is 31.7. The molecule has 4 heterocycles. The number of allylic oxidation sites excluding steroid dienone is 1. The van der Waals surface area contributed by atoms with Gasteiger partial charge in [0.15, 0.2) is 0 Å². The molecule has 0 saturated carbocycles. The quantitative estimate of drug-likeness (QED) is 0.237. The number of nitrogens with zero attached hydrogens (tertiary/aromatic N) is 3. The van der Waals surface area contributed by atoms with Crippen molar-refractivity contribution in [3.05, 3.63) is 113 Å². The Morgan fingerprint density at radius 2 is 1.38 bits per heavy atom. The number of amides is 3. The molecular weight excluding hydrogens is 578 g/mol. The number of piperidine rings is 1. The van der Waals surface area contributed by atoms with Crippen LogP contribution in [0.5, 0.6) is 0 Å². The lowest BCUT2D eigenvalue weighted by Gasteiger charge is -2.55. The zero-order valence-corrected chi connectivity index (χ0v) is 24.7. The first-order chi connectivity index (χ1) is 21.7. The van der Waals surface area contributed by atoms with E-state index in [9.17, 15) is 24.0 Å². The molecule has 2 bridgehead atoms. The van der Waals surface area contributed by atoms with Crippen LogP contribution >= 0.6 is 0 Å². The summed E-state index contributed by atoms with van der Waals surface area (Å²) in [4.78, 5) is 75.2. The molecule has 0 N–H and O–H groups in total. The van der Waals surface area contributed by atoms with Crippen molar-refractivity contribution in [3.63, 3.8) is 0 Å². The molecule has 11 heteroatoms. The van der Waals surface area contributed by atoms with E-state index in [-0.39, 0.29) is 12.1 Å². The summed E-state index contributed by atoms with van der Waals surface area (Å²) in [6.07, 6.45) is 0. The van der Waals surface area contributed by atoms with Crippen LogP contribution in [0.2, 0.25) is 0 Å². The van der Waals surface area contributed by atoms with E-state index < -0.39 is 59.0 Å². The van der Waals surface area contributed by atoms with Crippen LogP contribution in [0.25, 0.3) is 0 Å². The number of hydrogen-bond donors (Lipinski definition) is 0. The summed E-state index contributed by atoms with van der Waals surface area (Å²) in [5, 5.41) is 0. The predicted molar refractivity (Wildman–Crippen MR) is 157 cm³/mol. The van der Waals surface area contributed by atoms with E-state index in [1.54, 1.807) is 72.5 Å². The van der Waals surface area contributed by atoms with Crippen molar-refractivity contribution in [1.82, 2.24) is 9.80 Å². The molecule has 3 unspecified atom stereocenters. The van der Waals surface area contributed by atoms with Crippen molar-refractivity contribution in [2.75, 3.05) is 19.1 Å². The number of benzene rings is 3. The Hall–Kier alpha value is -5.29. The average Bonchev–Trinajstić information content (AvgIpc) is 3.64. The highest BCUT2D eigenvalue weighted by atomic mass is 16.6. The molecule has 0 aliphatic carbocycles. The summed E-state index contributed by atoms with van der Waals surface area (Å²) in [5.74, 6) is -8.95. The fourth-order valence-corrected chi connectivity index (χ4v) is 7.45. The van der Waals surface area contributed by atoms with Gasteiger partial charge in [0.1, 0.15) is 11.8 Å². The highest BCUT2D eigenvalue weighted by Crippen LogP contribution is 2.66. The second-order valence-electron chi connectivity index (χ2n) is 11.3. The smallest absolute Gasteiger partial charge is 0.349 e. The number of anilines is 1. The normalized spacial score (nSPS) is 28.4. The number of esters is 2. The Bertz CT molecular complexity index is 1780. The molecule has 1 spiro atoms. The lowest BCUT2D eigenvalue weighted by Crippen LogP contribution is -2.70. The number of imide groups is 1. The van der Waals surface area contributed by atoms with Crippen LogP contribution in [-0.2, 0) is 44.7 Å². The fraction of sp³-hybridized carbons (Fsp3) is 0.265. The summed E-state index contributed by atoms with van der Waals surface area (Å²) in [6, 6.07) is 25.2. The minimum Gasteiger partial charge on any atom is -0.466 e. The van der Waals surface area contributed by atoms with Gasteiger partial charge in [-0.1, -0.05) is 78.9 Å². The van der Waals surface area contributed by atoms with Crippen molar-refractivity contribution in [2.45, 2.75) is 31.0 Å². The summed E-state index contributed by atoms with van der Waals surface area (Å²) >= 11 is 0. The molecule has 3 aromatic rings. The van der Waals surface area contributed by atoms with Crippen LogP contribution in [0.3, 0.4) is 0 Å². The van der Waals surface area contributed by atoms with Gasteiger partial charge in [-0.3, -0.25) is 19.3 Å². The number of carbonyl (C=O) groups is 5. The SMILES string of the molecule is COC(=O)C1=C(C)N(Cc2ccccc2)[C@]23O[C@](C(=O)OC)(C(=O)N2C1c1ccccc1)C1C(=O)N(c2ccccc2)C(=O)C13. The molecule has 5 atom stereocenters. The Morgan fingerprint density at radius 3 is 1.98 bits per heavy atom. The molecule has 228 valence electrons. The fourth-order valence-electron chi connectivity index (χ4n) is 7.45. The molecular formula is C34H29N3O8. The van der Waals surface area contributed by atoms with Crippen molar-refractivity contribution in [1.29, 1.82) is 0 Å². The Kier molecular flexibility index (Phi) is 6.41. The van der Waals surface area contributed by atoms with Gasteiger partial charge in [-0.2, -0.15) is 0 Å². The first-order valence-corrected chi connectivity index (χ1v) is 14.4. The number of hydrogen-bond acceptors (Lipinski definition) is 9. The second kappa shape index (κ2) is 10.1. The van der Waals surface area contributed by atoms with Crippen LogP contribution in [0.1, 0.15) is 24.1 Å². The molecule has 0 radical (unpaired) electrons. The molecule has 3 fully saturated rings. The van der Waals surface area contributed by atoms with E-state index >= 15 is 0 Å². The van der Waals surface area contributed by atoms with Gasteiger partial charge in [0.2, 0.25) is 17.7 Å². The minimum absolute atomic E-state index is 0.0612. The van der Waals surface area contributed by atoms with Gasteiger partial charge in [-0.15, -0.1) is 0 Å². The van der Waals surface area contributed by atoms with Crippen LogP contribution < -0.4 is 4.90 Å². The topological polar surface area (TPSA) is 123 Å². The molecule has 4 aliphatic rings. The van der Waals surface area contributed by atoms with E-state index in [1.807, 2.05) is 30.3 Å². The van der Waals surface area contributed by atoms with E-state index in [0.29, 0.717) is 16.9 Å². The molecule has 3 aromatic carbocycles. The largest absolute Gasteiger partial charge is 0.466 e. The van der Waals surface area contributed by atoms with Gasteiger partial charge >= 0.3 is 11.9 Å². The van der Waals surface area contributed by atoms with E-state index in [2.05, 4.69) is 0 Å². The van der Waals surface area contributed by atoms with Crippen LogP contribution in [-0.4, -0.2) is 65.1 Å². The zero-order valence-electron chi connectivity index (χ0n) is 24.7. The maximum atomic E-state index is 14.9. The Morgan fingerprint density at radius 1 is 0.800 bits per heavy atom. The predicted octanol–water partition coefficient (Wildman–Crippen LogP) is 2.93. The second-order valence-corrected chi connectivity index (χ2v) is 11.3. The standard InChI is InChI=1S/C34H29N3O8/c1-20-24(30(40)43-2)27(22-15-9-5-10-16-22)37-31(41)33(32(42)44-3)25-26(29(39)36(28(25)38)23-17-11-6-12-18-23)34(37,45-33)35(20)19-21-13-7-4-8-14-21/h4-18,25-27H,19H2,1-3H3/t25?,26?,27?,33-,34-/m0/s1. The van der Waals surface area contributed by atoms with Crippen molar-refractivity contribution in [2.24, 2.45) is 11.8 Å². The molecule has 3 amide bonds. The van der Waals surface area contributed by atoms with Crippen LogP contribution in [0.4, 0.5) is 5.69 Å². The first kappa shape index (κ1) is 28.5. The average molecular weight is 608 g/mol. The van der Waals surface area contributed by atoms with Crippen molar-refractivity contribution < 1.29 is 38.2 Å². The third kappa shape index (κ3) is 3.58. The number of ether oxygens (including phenoxy) is 3. The highest BCUT2D eigenvalue weighted by Gasteiger charge is 2.88. The Labute approximate surface area is 258 Å². The van der Waals surface area contributed by atoms with Crippen molar-refractivity contribution in [3.8, 4) is 0 Å². The lowest BCUT2D eigenvalue weighted by molar-refractivity contribution is -0.226. The summed E-state index contributed by atoms with van der Waals surface area (Å²) < 4.78 is 17.1. The van der Waals surface area contributed by atoms with Gasteiger partial charge < -0.3 is 19.1 Å². The van der Waals surface area contributed by atoms with Gasteiger partial charge in [0.25, 0.3) is 11.5 Å². The molecule has 0 aromatic heterocycles. The molecule has 11 nitrogen and oxygen atoms in total. The third-order valence-corrected chi connectivity index (χ3v) is 9.26. The molecule has 4 aliphatic heterocycles. The number of rotatable bonds is 6. The summed E-state index contributed by atoms with van der Waals surface area (Å²) in [5.41, 5.74) is -0.423. The van der Waals surface area contributed by atoms with Gasteiger partial charge in [-0.05, 0) is 30.2 Å². The van der Waals surface area contributed by atoms with Crippen molar-refractivity contribution >= 4 is 35.3 Å². The van der Waals surface area contributed by atoms with Gasteiger partial charge in [0, 0.05) is 12.2 Å². The molecule has 45 heavy (non-hydrogen) atoms. The summed E-state index contributed by atoms with van der Waals surface area (Å²) in [6.45, 7) is 1.75. The number of para-hydroxylation sites is 1. The number of methoxy groups -OCH3 is 2. The maximum Gasteiger partial charge on any atom is 0.349 e. The molecule has 3 saturated heterocycles.